The van der Waals surface area contributed by atoms with Gasteiger partial charge in [0, 0.05) is 33.4 Å². The van der Waals surface area contributed by atoms with Gasteiger partial charge in [0.2, 0.25) is 0 Å². The summed E-state index contributed by atoms with van der Waals surface area (Å²) in [4.78, 5) is 2.49. The number of hydrogen-bond donors (Lipinski definition) is 0. The Balaban J connectivity index is 0.996. The molecule has 12 aromatic carbocycles. The zero-order chi connectivity index (χ0) is 49.7. The molecule has 0 N–H and O–H groups in total. The average molecular weight is 955 g/mol. The largest absolute Gasteiger partial charge is 0.310 e. The zero-order valence-electron chi connectivity index (χ0n) is 41.3. The van der Waals surface area contributed by atoms with Crippen molar-refractivity contribution in [2.24, 2.45) is 0 Å². The molecule has 0 saturated heterocycles. The van der Waals surface area contributed by atoms with Gasteiger partial charge in [0.15, 0.2) is 0 Å². The number of benzene rings is 12. The quantitative estimate of drug-likeness (QED) is 0.133. The Labute approximate surface area is 438 Å². The maximum Gasteiger partial charge on any atom is 0.0714 e. The molecule has 1 aromatic heterocycles. The number of aromatic nitrogens is 1. The number of nitrogens with zero attached hydrogens (tertiary/aromatic N) is 2. The highest BCUT2D eigenvalue weighted by atomic mass is 15.1. The molecule has 0 radical (unpaired) electrons. The van der Waals surface area contributed by atoms with Gasteiger partial charge in [-0.3, -0.25) is 0 Å². The van der Waals surface area contributed by atoms with Crippen LogP contribution in [0, 0.1) is 0 Å². The van der Waals surface area contributed by atoms with Crippen LogP contribution in [0.1, 0.15) is 22.3 Å². The van der Waals surface area contributed by atoms with E-state index in [1.165, 1.54) is 83.0 Å². The van der Waals surface area contributed by atoms with Crippen molar-refractivity contribution < 1.29 is 0 Å². The van der Waals surface area contributed by atoms with Gasteiger partial charge in [-0.15, -0.1) is 0 Å². The Morgan fingerprint density at radius 3 is 1.44 bits per heavy atom. The molecule has 352 valence electrons. The van der Waals surface area contributed by atoms with Gasteiger partial charge in [-0.25, -0.2) is 0 Å². The highest BCUT2D eigenvalue weighted by Gasteiger charge is 2.46. The molecule has 14 rings (SSSR count). The van der Waals surface area contributed by atoms with E-state index in [4.69, 9.17) is 0 Å². The Hall–Kier alpha value is -9.76. The fourth-order valence-electron chi connectivity index (χ4n) is 12.3. The monoisotopic (exact) mass is 954 g/mol. The molecule has 2 nitrogen and oxygen atoms in total. The van der Waals surface area contributed by atoms with E-state index in [0.29, 0.717) is 0 Å². The van der Waals surface area contributed by atoms with E-state index in [2.05, 4.69) is 313 Å². The summed E-state index contributed by atoms with van der Waals surface area (Å²) in [6, 6.07) is 111. The van der Waals surface area contributed by atoms with Gasteiger partial charge in [0.1, 0.15) is 0 Å². The molecule has 1 aliphatic rings. The molecule has 13 aromatic rings. The standard InChI is InChI=1S/C73H50N2/c1-5-24-51(25-6-1)58-32-13-14-33-60(58)61-34-15-16-35-62(61)65-37-18-21-41-69(65)74(56-46-44-52(45-47-56)59-39-23-43-71-72(59)66-38-19-22-42-70(66)75(71)55-30-11-4-12-31-55)57-48-49-64-63-36-17-20-40-67(63)73(68(64)50-57,53-26-7-2-8-27-53)54-28-9-3-10-29-54/h1-50H. The van der Waals surface area contributed by atoms with Crippen molar-refractivity contribution in [2.45, 2.75) is 5.41 Å². The lowest BCUT2D eigenvalue weighted by Crippen LogP contribution is -2.28. The summed E-state index contributed by atoms with van der Waals surface area (Å²) in [6.45, 7) is 0. The fraction of sp³-hybridized carbons (Fsp3) is 0.0137. The molecular weight excluding hydrogens is 905 g/mol. The van der Waals surface area contributed by atoms with Crippen LogP contribution in [0.3, 0.4) is 0 Å². The van der Waals surface area contributed by atoms with Crippen molar-refractivity contribution >= 4 is 38.9 Å². The lowest BCUT2D eigenvalue weighted by molar-refractivity contribution is 0.768. The van der Waals surface area contributed by atoms with E-state index in [1.807, 2.05) is 0 Å². The van der Waals surface area contributed by atoms with Crippen molar-refractivity contribution in [1.29, 1.82) is 0 Å². The highest BCUT2D eigenvalue weighted by Crippen LogP contribution is 2.58. The molecule has 0 fully saturated rings. The van der Waals surface area contributed by atoms with E-state index in [0.717, 1.165) is 39.4 Å². The van der Waals surface area contributed by atoms with Crippen molar-refractivity contribution in [2.75, 3.05) is 4.90 Å². The lowest BCUT2D eigenvalue weighted by atomic mass is 9.67. The summed E-state index contributed by atoms with van der Waals surface area (Å²) in [5.41, 5.74) is 23.2. The van der Waals surface area contributed by atoms with Crippen LogP contribution in [0.2, 0.25) is 0 Å². The molecule has 0 saturated carbocycles. The summed E-state index contributed by atoms with van der Waals surface area (Å²) in [7, 11) is 0. The minimum absolute atomic E-state index is 0.565. The van der Waals surface area contributed by atoms with E-state index in [1.54, 1.807) is 0 Å². The summed E-state index contributed by atoms with van der Waals surface area (Å²) < 4.78 is 2.40. The second kappa shape index (κ2) is 18.4. The molecule has 0 amide bonds. The summed E-state index contributed by atoms with van der Waals surface area (Å²) in [6.07, 6.45) is 0. The maximum absolute atomic E-state index is 2.49. The predicted molar refractivity (Wildman–Crippen MR) is 315 cm³/mol. The molecular formula is C73H50N2. The van der Waals surface area contributed by atoms with Gasteiger partial charge in [0.25, 0.3) is 0 Å². The molecule has 75 heavy (non-hydrogen) atoms. The van der Waals surface area contributed by atoms with Crippen LogP contribution in [0.5, 0.6) is 0 Å². The van der Waals surface area contributed by atoms with Gasteiger partial charge in [0.05, 0.1) is 22.1 Å². The fourth-order valence-corrected chi connectivity index (χ4v) is 12.3. The lowest BCUT2D eigenvalue weighted by Gasteiger charge is -2.35. The van der Waals surface area contributed by atoms with Crippen molar-refractivity contribution in [1.82, 2.24) is 4.57 Å². The van der Waals surface area contributed by atoms with Gasteiger partial charge < -0.3 is 9.47 Å². The Kier molecular flexibility index (Phi) is 10.8. The smallest absolute Gasteiger partial charge is 0.0714 e. The third kappa shape index (κ3) is 7.17. The van der Waals surface area contributed by atoms with Crippen LogP contribution in [-0.2, 0) is 5.41 Å². The number of hydrogen-bond acceptors (Lipinski definition) is 1. The minimum atomic E-state index is -0.565. The minimum Gasteiger partial charge on any atom is -0.310 e. The van der Waals surface area contributed by atoms with E-state index >= 15 is 0 Å². The van der Waals surface area contributed by atoms with Crippen LogP contribution in [0.15, 0.2) is 303 Å². The zero-order valence-corrected chi connectivity index (χ0v) is 41.3. The first-order chi connectivity index (χ1) is 37.3. The Morgan fingerprint density at radius 1 is 0.280 bits per heavy atom. The topological polar surface area (TPSA) is 8.17 Å². The summed E-state index contributed by atoms with van der Waals surface area (Å²) in [5.74, 6) is 0. The van der Waals surface area contributed by atoms with Crippen molar-refractivity contribution in [3.63, 3.8) is 0 Å². The van der Waals surface area contributed by atoms with E-state index in [-0.39, 0.29) is 0 Å². The molecule has 0 atom stereocenters. The molecule has 0 unspecified atom stereocenters. The van der Waals surface area contributed by atoms with Crippen LogP contribution >= 0.6 is 0 Å². The van der Waals surface area contributed by atoms with Gasteiger partial charge in [-0.2, -0.15) is 0 Å². The van der Waals surface area contributed by atoms with Gasteiger partial charge >= 0.3 is 0 Å². The first-order valence-electron chi connectivity index (χ1n) is 25.9. The molecule has 0 spiro atoms. The molecule has 0 bridgehead atoms. The molecule has 0 aliphatic heterocycles. The first kappa shape index (κ1) is 44.0. The second-order valence-corrected chi connectivity index (χ2v) is 19.5. The van der Waals surface area contributed by atoms with Crippen molar-refractivity contribution in [3.8, 4) is 61.3 Å². The average Bonchev–Trinajstić information content (AvgIpc) is 4.07. The molecule has 1 aliphatic carbocycles. The number of para-hydroxylation sites is 3. The Bertz CT molecular complexity index is 4170. The number of anilines is 3. The third-order valence-electron chi connectivity index (χ3n) is 15.5. The third-order valence-corrected chi connectivity index (χ3v) is 15.5. The maximum atomic E-state index is 2.49. The summed E-state index contributed by atoms with van der Waals surface area (Å²) in [5, 5.41) is 2.48. The molecule has 1 heterocycles. The number of fused-ring (bicyclic) bond motifs is 6. The first-order valence-corrected chi connectivity index (χ1v) is 25.9. The molecule has 2 heteroatoms. The highest BCUT2D eigenvalue weighted by molar-refractivity contribution is 6.16. The Morgan fingerprint density at radius 2 is 0.747 bits per heavy atom. The SMILES string of the molecule is c1ccc(-c2ccccc2-c2ccccc2-c2ccccc2N(c2ccc(-c3cccc4c3c3ccccc3n4-c3ccccc3)cc2)c2ccc3c(c2)C(c2ccccc2)(c2ccccc2)c2ccccc2-3)cc1. The van der Waals surface area contributed by atoms with Gasteiger partial charge in [-0.05, 0) is 127 Å². The van der Waals surface area contributed by atoms with Crippen LogP contribution in [-0.4, -0.2) is 4.57 Å². The van der Waals surface area contributed by atoms with Gasteiger partial charge in [-0.1, -0.05) is 249 Å². The van der Waals surface area contributed by atoms with Crippen LogP contribution in [0.4, 0.5) is 17.1 Å². The van der Waals surface area contributed by atoms with Crippen LogP contribution in [0.25, 0.3) is 83.1 Å². The predicted octanol–water partition coefficient (Wildman–Crippen LogP) is 19.3. The summed E-state index contributed by atoms with van der Waals surface area (Å²) >= 11 is 0. The van der Waals surface area contributed by atoms with Crippen molar-refractivity contribution in [3.05, 3.63) is 326 Å². The number of rotatable bonds is 10. The van der Waals surface area contributed by atoms with E-state index in [9.17, 15) is 0 Å². The normalized spacial score (nSPS) is 12.4. The van der Waals surface area contributed by atoms with E-state index < -0.39 is 5.41 Å². The van der Waals surface area contributed by atoms with Crippen LogP contribution < -0.4 is 4.90 Å². The second-order valence-electron chi connectivity index (χ2n) is 19.5.